The molecule has 1 aliphatic heterocycles. The van der Waals surface area contributed by atoms with Gasteiger partial charge in [-0.15, -0.1) is 5.10 Å². The summed E-state index contributed by atoms with van der Waals surface area (Å²) in [5.41, 5.74) is -0.0934. The highest BCUT2D eigenvalue weighted by Crippen LogP contribution is 2.39. The van der Waals surface area contributed by atoms with Crippen LogP contribution >= 0.6 is 11.9 Å². The fourth-order valence-corrected chi connectivity index (χ4v) is 5.58. The van der Waals surface area contributed by atoms with Crippen molar-refractivity contribution in [1.82, 2.24) is 29.3 Å². The van der Waals surface area contributed by atoms with Crippen molar-refractivity contribution in [2.45, 2.75) is 71.5 Å². The minimum absolute atomic E-state index is 0.0521. The molecule has 1 N–H and O–H groups in total. The minimum atomic E-state index is -4.41. The van der Waals surface area contributed by atoms with Gasteiger partial charge < -0.3 is 9.64 Å². The summed E-state index contributed by atoms with van der Waals surface area (Å²) >= 11 is 1.22. The van der Waals surface area contributed by atoms with Crippen molar-refractivity contribution in [1.29, 1.82) is 0 Å². The Morgan fingerprint density at radius 2 is 1.90 bits per heavy atom. The Bertz CT molecular complexity index is 1400. The number of alkyl halides is 3. The summed E-state index contributed by atoms with van der Waals surface area (Å²) in [6, 6.07) is 4.85. The fraction of sp³-hybridized carbons (Fsp3) is 0.556. The first-order valence-electron chi connectivity index (χ1n) is 13.0. The van der Waals surface area contributed by atoms with Gasteiger partial charge in [0.2, 0.25) is 5.88 Å². The third kappa shape index (κ3) is 5.93. The lowest BCUT2D eigenvalue weighted by Gasteiger charge is -2.34. The Kier molecular flexibility index (Phi) is 7.91. The highest BCUT2D eigenvalue weighted by molar-refractivity contribution is 7.98. The molecule has 1 aliphatic rings. The first-order valence-corrected chi connectivity index (χ1v) is 13.8. The van der Waals surface area contributed by atoms with Crippen molar-refractivity contribution >= 4 is 23.7 Å². The maximum Gasteiger partial charge on any atom is 0.397 e. The molecular formula is C27H36F3N7O2S. The van der Waals surface area contributed by atoms with E-state index in [9.17, 15) is 18.0 Å². The number of hydrogen-bond donors (Lipinski definition) is 1. The van der Waals surface area contributed by atoms with Crippen molar-refractivity contribution in [2.24, 2.45) is 18.4 Å². The van der Waals surface area contributed by atoms with Crippen LogP contribution in [0, 0.1) is 25.2 Å². The van der Waals surface area contributed by atoms with Crippen LogP contribution in [0.4, 0.5) is 19.0 Å². The van der Waals surface area contributed by atoms with Crippen molar-refractivity contribution in [3.63, 3.8) is 0 Å². The third-order valence-electron chi connectivity index (χ3n) is 7.27. The predicted octanol–water partition coefficient (Wildman–Crippen LogP) is 5.65. The van der Waals surface area contributed by atoms with Gasteiger partial charge in [-0.1, -0.05) is 6.92 Å². The molecule has 0 radical (unpaired) electrons. The molecule has 1 amide bonds. The van der Waals surface area contributed by atoms with E-state index in [-0.39, 0.29) is 17.3 Å². The van der Waals surface area contributed by atoms with Gasteiger partial charge in [-0.25, -0.2) is 9.67 Å². The number of hydrogen-bond acceptors (Lipinski definition) is 7. The van der Waals surface area contributed by atoms with Gasteiger partial charge in [0.25, 0.3) is 5.91 Å². The first kappa shape index (κ1) is 29.8. The van der Waals surface area contributed by atoms with E-state index in [1.807, 2.05) is 20.9 Å². The Morgan fingerprint density at radius 1 is 1.20 bits per heavy atom. The van der Waals surface area contributed by atoms with Crippen LogP contribution in [0.5, 0.6) is 5.88 Å². The van der Waals surface area contributed by atoms with Gasteiger partial charge in [-0.2, -0.15) is 18.3 Å². The molecule has 3 aromatic heterocycles. The van der Waals surface area contributed by atoms with Crippen molar-refractivity contribution in [3.05, 3.63) is 41.3 Å². The topological polar surface area (TPSA) is 90.1 Å². The maximum atomic E-state index is 13.5. The zero-order valence-electron chi connectivity index (χ0n) is 24.0. The van der Waals surface area contributed by atoms with Crippen LogP contribution in [0.25, 0.3) is 5.82 Å². The molecule has 0 saturated carbocycles. The summed E-state index contributed by atoms with van der Waals surface area (Å²) in [5, 5.41) is 8.69. The minimum Gasteiger partial charge on any atom is -0.476 e. The van der Waals surface area contributed by atoms with Crippen LogP contribution in [-0.2, 0) is 7.05 Å². The monoisotopic (exact) mass is 579 g/mol. The SMILES string of the molecule is Cc1nn(C)c(C)c1SNC(=O)c1ccc(-n2ccc(OCC(C)(C)C(F)(F)F)n2)nc1N1CC(C)CC1(C)C. The van der Waals surface area contributed by atoms with Crippen molar-refractivity contribution < 1.29 is 22.7 Å². The molecule has 0 spiro atoms. The molecule has 3 aromatic rings. The molecule has 0 aliphatic carbocycles. The van der Waals surface area contributed by atoms with Crippen LogP contribution in [-0.4, -0.2) is 55.3 Å². The summed E-state index contributed by atoms with van der Waals surface area (Å²) in [5.74, 6) is 1.08. The van der Waals surface area contributed by atoms with Gasteiger partial charge in [0.15, 0.2) is 5.82 Å². The number of nitrogens with one attached hydrogen (secondary N) is 1. The lowest BCUT2D eigenvalue weighted by atomic mass is 9.94. The van der Waals surface area contributed by atoms with Crippen LogP contribution < -0.4 is 14.4 Å². The van der Waals surface area contributed by atoms with E-state index in [0.29, 0.717) is 23.1 Å². The Balaban J connectivity index is 1.62. The number of anilines is 1. The standard InChI is InChI=1S/C27H36F3N7O2S/c1-16-13-26(6,7)36(14-16)23-19(24(38)34-40-22-17(2)32-35(8)18(22)3)9-10-20(31-23)37-12-11-21(33-37)39-15-25(4,5)27(28,29)30/h9-12,16H,13-15H2,1-8H3,(H,34,38). The number of ether oxygens (including phenoxy) is 1. The van der Waals surface area contributed by atoms with Crippen LogP contribution in [0.3, 0.4) is 0 Å². The molecule has 4 heterocycles. The summed E-state index contributed by atoms with van der Waals surface area (Å²) in [6.45, 7) is 12.5. The number of aromatic nitrogens is 5. The Hall–Kier alpha value is -3.22. The van der Waals surface area contributed by atoms with Crippen molar-refractivity contribution in [2.75, 3.05) is 18.1 Å². The molecule has 40 heavy (non-hydrogen) atoms. The molecule has 218 valence electrons. The summed E-state index contributed by atoms with van der Waals surface area (Å²) in [7, 11) is 1.86. The van der Waals surface area contributed by atoms with Crippen LogP contribution in [0.2, 0.25) is 0 Å². The van der Waals surface area contributed by atoms with Gasteiger partial charge in [0.1, 0.15) is 12.4 Å². The molecular weight excluding hydrogens is 543 g/mol. The third-order valence-corrected chi connectivity index (χ3v) is 8.35. The van der Waals surface area contributed by atoms with E-state index in [1.165, 1.54) is 22.7 Å². The highest BCUT2D eigenvalue weighted by Gasteiger charge is 2.48. The number of rotatable bonds is 8. The van der Waals surface area contributed by atoms with E-state index in [4.69, 9.17) is 9.72 Å². The second-order valence-electron chi connectivity index (χ2n) is 11.7. The van der Waals surface area contributed by atoms with Gasteiger partial charge >= 0.3 is 6.18 Å². The lowest BCUT2D eigenvalue weighted by molar-refractivity contribution is -0.219. The van der Waals surface area contributed by atoms with Gasteiger partial charge in [0.05, 0.1) is 27.3 Å². The normalized spacial score (nSPS) is 17.4. The molecule has 0 aromatic carbocycles. The lowest BCUT2D eigenvalue weighted by Crippen LogP contribution is -2.40. The number of nitrogens with zero attached hydrogens (tertiary/aromatic N) is 6. The molecule has 1 unspecified atom stereocenters. The maximum absolute atomic E-state index is 13.5. The number of halogens is 3. The highest BCUT2D eigenvalue weighted by atomic mass is 32.2. The first-order chi connectivity index (χ1) is 18.5. The quantitative estimate of drug-likeness (QED) is 0.345. The van der Waals surface area contributed by atoms with E-state index < -0.39 is 18.2 Å². The summed E-state index contributed by atoms with van der Waals surface area (Å²) in [4.78, 5) is 21.3. The van der Waals surface area contributed by atoms with E-state index in [2.05, 4.69) is 40.6 Å². The van der Waals surface area contributed by atoms with Gasteiger partial charge in [-0.05, 0) is 78.0 Å². The Morgan fingerprint density at radius 3 is 2.48 bits per heavy atom. The zero-order chi connectivity index (χ0) is 29.6. The second-order valence-corrected chi connectivity index (χ2v) is 12.5. The van der Waals surface area contributed by atoms with Crippen molar-refractivity contribution in [3.8, 4) is 11.7 Å². The summed E-state index contributed by atoms with van der Waals surface area (Å²) in [6.07, 6.45) is -1.91. The predicted molar refractivity (Wildman–Crippen MR) is 148 cm³/mol. The van der Waals surface area contributed by atoms with Crippen LogP contribution in [0.15, 0.2) is 29.3 Å². The largest absolute Gasteiger partial charge is 0.476 e. The van der Waals surface area contributed by atoms with E-state index in [1.54, 1.807) is 23.0 Å². The zero-order valence-corrected chi connectivity index (χ0v) is 24.9. The van der Waals surface area contributed by atoms with Gasteiger partial charge in [0, 0.05) is 31.4 Å². The second kappa shape index (κ2) is 10.6. The molecule has 0 bridgehead atoms. The van der Waals surface area contributed by atoms with Gasteiger partial charge in [-0.3, -0.25) is 14.2 Å². The Labute approximate surface area is 236 Å². The molecule has 1 fully saturated rings. The molecule has 9 nitrogen and oxygen atoms in total. The molecule has 4 rings (SSSR count). The number of pyridine rings is 1. The number of aryl methyl sites for hydroxylation is 2. The molecule has 1 saturated heterocycles. The summed E-state index contributed by atoms with van der Waals surface area (Å²) < 4.78 is 51.2. The fourth-order valence-electron chi connectivity index (χ4n) is 4.81. The number of carbonyl (C=O) groups excluding carboxylic acids is 1. The molecule has 13 heteroatoms. The average molecular weight is 580 g/mol. The number of carbonyl (C=O) groups is 1. The van der Waals surface area contributed by atoms with Crippen LogP contribution in [0.1, 0.15) is 62.8 Å². The molecule has 1 atom stereocenters. The van der Waals surface area contributed by atoms with E-state index in [0.717, 1.165) is 43.1 Å². The number of amides is 1. The smallest absolute Gasteiger partial charge is 0.397 e. The van der Waals surface area contributed by atoms with E-state index >= 15 is 0 Å². The average Bonchev–Trinajstić information content (AvgIpc) is 3.50.